The Morgan fingerprint density at radius 2 is 2.35 bits per heavy atom. The first-order chi connectivity index (χ1) is 8.28. The van der Waals surface area contributed by atoms with E-state index < -0.39 is 0 Å². The Hall–Kier alpha value is -1.14. The number of aromatic nitrogens is 3. The molecule has 3 heterocycles. The maximum absolute atomic E-state index is 5.70. The zero-order valence-corrected chi connectivity index (χ0v) is 11.0. The van der Waals surface area contributed by atoms with Gasteiger partial charge in [0.15, 0.2) is 5.65 Å². The van der Waals surface area contributed by atoms with Crippen LogP contribution in [0.3, 0.4) is 0 Å². The molecule has 0 radical (unpaired) electrons. The lowest BCUT2D eigenvalue weighted by molar-refractivity contribution is 0.602. The molecule has 0 aliphatic carbocycles. The molecule has 0 bridgehead atoms. The number of hydrogen-bond donors (Lipinski definition) is 1. The number of imidazole rings is 1. The Labute approximate surface area is 108 Å². The minimum atomic E-state index is 0.596. The zero-order valence-electron chi connectivity index (χ0n) is 9.38. The highest BCUT2D eigenvalue weighted by atomic mass is 79.9. The summed E-state index contributed by atoms with van der Waals surface area (Å²) in [5.74, 6) is 1.59. The normalized spacial score (nSPS) is 20.4. The van der Waals surface area contributed by atoms with Crippen LogP contribution in [0.1, 0.15) is 6.42 Å². The fraction of sp³-hybridized carbons (Fsp3) is 0.455. The van der Waals surface area contributed by atoms with Crippen LogP contribution in [-0.2, 0) is 0 Å². The minimum absolute atomic E-state index is 0.596. The molecular weight excluding hydrogens is 282 g/mol. The number of nitrogens with two attached hydrogens (primary N) is 1. The number of fused-ring (bicyclic) bond motifs is 1. The van der Waals surface area contributed by atoms with Crippen LogP contribution >= 0.6 is 15.9 Å². The Morgan fingerprint density at radius 1 is 1.47 bits per heavy atom. The zero-order chi connectivity index (χ0) is 11.8. The van der Waals surface area contributed by atoms with Gasteiger partial charge in [-0.15, -0.1) is 5.10 Å². The van der Waals surface area contributed by atoms with E-state index in [0.717, 1.165) is 42.1 Å². The summed E-state index contributed by atoms with van der Waals surface area (Å²) < 4.78 is 2.69. The van der Waals surface area contributed by atoms with Crippen molar-refractivity contribution in [3.05, 3.63) is 22.9 Å². The predicted octanol–water partition coefficient (Wildman–Crippen LogP) is 1.28. The van der Waals surface area contributed by atoms with E-state index in [2.05, 4.69) is 30.9 Å². The van der Waals surface area contributed by atoms with Gasteiger partial charge in [0, 0.05) is 13.1 Å². The van der Waals surface area contributed by atoms with Gasteiger partial charge in [-0.2, -0.15) is 0 Å². The van der Waals surface area contributed by atoms with Gasteiger partial charge in [-0.1, -0.05) is 0 Å². The van der Waals surface area contributed by atoms with Crippen LogP contribution in [0.4, 0.5) is 5.82 Å². The molecule has 1 saturated heterocycles. The van der Waals surface area contributed by atoms with Crippen molar-refractivity contribution in [2.45, 2.75) is 6.42 Å². The Morgan fingerprint density at radius 3 is 3.12 bits per heavy atom. The SMILES string of the molecule is NC[C@@H]1CCN(c2ccc3ncc(Br)n3n2)C1. The van der Waals surface area contributed by atoms with E-state index in [4.69, 9.17) is 5.73 Å². The number of anilines is 1. The van der Waals surface area contributed by atoms with E-state index >= 15 is 0 Å². The van der Waals surface area contributed by atoms with Crippen molar-refractivity contribution >= 4 is 27.4 Å². The lowest BCUT2D eigenvalue weighted by Gasteiger charge is -2.17. The van der Waals surface area contributed by atoms with Crippen molar-refractivity contribution in [2.75, 3.05) is 24.5 Å². The third kappa shape index (κ3) is 1.91. The van der Waals surface area contributed by atoms with Crippen LogP contribution in [0.5, 0.6) is 0 Å². The monoisotopic (exact) mass is 295 g/mol. The molecule has 1 aliphatic rings. The molecule has 1 aliphatic heterocycles. The highest BCUT2D eigenvalue weighted by Crippen LogP contribution is 2.22. The first-order valence-corrected chi connectivity index (χ1v) is 6.52. The Balaban J connectivity index is 1.93. The highest BCUT2D eigenvalue weighted by Gasteiger charge is 2.22. The van der Waals surface area contributed by atoms with Crippen molar-refractivity contribution in [3.63, 3.8) is 0 Å². The van der Waals surface area contributed by atoms with Gasteiger partial charge in [-0.25, -0.2) is 9.50 Å². The Bertz CT molecular complexity index is 538. The van der Waals surface area contributed by atoms with Crippen molar-refractivity contribution in [2.24, 2.45) is 11.7 Å². The summed E-state index contributed by atoms with van der Waals surface area (Å²) in [6, 6.07) is 4.01. The molecule has 2 N–H and O–H groups in total. The molecule has 6 heteroatoms. The molecular formula is C11H14BrN5. The number of rotatable bonds is 2. The van der Waals surface area contributed by atoms with E-state index in [1.165, 1.54) is 0 Å². The van der Waals surface area contributed by atoms with E-state index in [9.17, 15) is 0 Å². The van der Waals surface area contributed by atoms with E-state index in [1.807, 2.05) is 16.6 Å². The third-order valence-corrected chi connectivity index (χ3v) is 3.79. The van der Waals surface area contributed by atoms with Crippen molar-refractivity contribution in [1.82, 2.24) is 14.6 Å². The first-order valence-electron chi connectivity index (χ1n) is 5.73. The maximum atomic E-state index is 5.70. The summed E-state index contributed by atoms with van der Waals surface area (Å²) >= 11 is 3.43. The predicted molar refractivity (Wildman–Crippen MR) is 70.1 cm³/mol. The molecule has 90 valence electrons. The quantitative estimate of drug-likeness (QED) is 0.907. The fourth-order valence-corrected chi connectivity index (χ4v) is 2.60. The largest absolute Gasteiger partial charge is 0.355 e. The van der Waals surface area contributed by atoms with Crippen LogP contribution in [0.15, 0.2) is 22.9 Å². The van der Waals surface area contributed by atoms with Gasteiger partial charge in [-0.05, 0) is 46.9 Å². The lowest BCUT2D eigenvalue weighted by Crippen LogP contribution is -2.24. The van der Waals surface area contributed by atoms with E-state index in [1.54, 1.807) is 6.20 Å². The average Bonchev–Trinajstić information content (AvgIpc) is 2.96. The van der Waals surface area contributed by atoms with Crippen molar-refractivity contribution in [1.29, 1.82) is 0 Å². The van der Waals surface area contributed by atoms with Gasteiger partial charge < -0.3 is 10.6 Å². The van der Waals surface area contributed by atoms with Gasteiger partial charge in [0.25, 0.3) is 0 Å². The smallest absolute Gasteiger partial charge is 0.154 e. The maximum Gasteiger partial charge on any atom is 0.154 e. The number of hydrogen-bond acceptors (Lipinski definition) is 4. The van der Waals surface area contributed by atoms with Gasteiger partial charge in [0.05, 0.1) is 6.20 Å². The van der Waals surface area contributed by atoms with E-state index in [-0.39, 0.29) is 0 Å². The topological polar surface area (TPSA) is 59.5 Å². The second-order valence-electron chi connectivity index (χ2n) is 4.38. The van der Waals surface area contributed by atoms with Gasteiger partial charge >= 0.3 is 0 Å². The van der Waals surface area contributed by atoms with Gasteiger partial charge in [0.2, 0.25) is 0 Å². The summed E-state index contributed by atoms with van der Waals surface area (Å²) in [5.41, 5.74) is 6.56. The summed E-state index contributed by atoms with van der Waals surface area (Å²) in [6.07, 6.45) is 2.92. The van der Waals surface area contributed by atoms with Gasteiger partial charge in [-0.3, -0.25) is 0 Å². The average molecular weight is 296 g/mol. The fourth-order valence-electron chi connectivity index (χ4n) is 2.24. The van der Waals surface area contributed by atoms with E-state index in [0.29, 0.717) is 5.92 Å². The molecule has 3 rings (SSSR count). The van der Waals surface area contributed by atoms with Crippen LogP contribution < -0.4 is 10.6 Å². The Kier molecular flexibility index (Phi) is 2.76. The summed E-state index contributed by atoms with van der Waals surface area (Å²) in [7, 11) is 0. The molecule has 1 fully saturated rings. The van der Waals surface area contributed by atoms with Crippen LogP contribution in [0.25, 0.3) is 5.65 Å². The lowest BCUT2D eigenvalue weighted by atomic mass is 10.1. The summed E-state index contributed by atoms with van der Waals surface area (Å²) in [6.45, 7) is 2.79. The third-order valence-electron chi connectivity index (χ3n) is 3.25. The first kappa shape index (κ1) is 11.0. The molecule has 0 aromatic carbocycles. The van der Waals surface area contributed by atoms with Crippen LogP contribution in [0.2, 0.25) is 0 Å². The standard InChI is InChI=1S/C11H14BrN5/c12-9-6-14-10-1-2-11(15-17(9)10)16-4-3-8(5-13)7-16/h1-2,6,8H,3-5,7,13H2/t8-/m0/s1. The molecule has 2 aromatic heterocycles. The molecule has 2 aromatic rings. The van der Waals surface area contributed by atoms with Crippen molar-refractivity contribution < 1.29 is 0 Å². The second-order valence-corrected chi connectivity index (χ2v) is 5.19. The molecule has 17 heavy (non-hydrogen) atoms. The molecule has 0 spiro atoms. The summed E-state index contributed by atoms with van der Waals surface area (Å²) in [5, 5.41) is 4.58. The van der Waals surface area contributed by atoms with Crippen molar-refractivity contribution in [3.8, 4) is 0 Å². The molecule has 0 saturated carbocycles. The molecule has 1 atom stereocenters. The molecule has 5 nitrogen and oxygen atoms in total. The van der Waals surface area contributed by atoms with Crippen LogP contribution in [0, 0.1) is 5.92 Å². The highest BCUT2D eigenvalue weighted by molar-refractivity contribution is 9.10. The molecule has 0 amide bonds. The number of nitrogens with zero attached hydrogens (tertiary/aromatic N) is 4. The summed E-state index contributed by atoms with van der Waals surface area (Å²) in [4.78, 5) is 6.51. The number of halogens is 1. The minimum Gasteiger partial charge on any atom is -0.355 e. The molecule has 0 unspecified atom stereocenters. The second kappa shape index (κ2) is 4.27. The van der Waals surface area contributed by atoms with Crippen LogP contribution in [-0.4, -0.2) is 34.2 Å². The van der Waals surface area contributed by atoms with Gasteiger partial charge in [0.1, 0.15) is 10.4 Å².